The topological polar surface area (TPSA) is 192 Å². The van der Waals surface area contributed by atoms with Gasteiger partial charge in [0.25, 0.3) is 0 Å². The van der Waals surface area contributed by atoms with Crippen LogP contribution in [0, 0.1) is 13.8 Å². The van der Waals surface area contributed by atoms with Crippen LogP contribution in [0.2, 0.25) is 0 Å². The van der Waals surface area contributed by atoms with Gasteiger partial charge in [0.2, 0.25) is 0 Å². The second-order valence-corrected chi connectivity index (χ2v) is 12.1. The van der Waals surface area contributed by atoms with Crippen molar-refractivity contribution in [3.05, 3.63) is 45.5 Å². The first-order chi connectivity index (χ1) is 20.6. The number of methoxy groups -OCH3 is 2. The van der Waals surface area contributed by atoms with Crippen LogP contribution in [0.5, 0.6) is 23.0 Å². The number of benzene rings is 2. The largest absolute Gasteiger partial charge is 0.506 e. The molecule has 234 valence electrons. The summed E-state index contributed by atoms with van der Waals surface area (Å²) in [5, 5.41) is 68.1. The van der Waals surface area contributed by atoms with Crippen molar-refractivity contribution in [2.24, 2.45) is 0 Å². The van der Waals surface area contributed by atoms with Crippen molar-refractivity contribution >= 4 is 23.1 Å². The first kappa shape index (κ1) is 29.9. The number of ketones is 2. The Balaban J connectivity index is 1.56. The van der Waals surface area contributed by atoms with Gasteiger partial charge in [-0.3, -0.25) is 9.59 Å². The van der Waals surface area contributed by atoms with Gasteiger partial charge in [-0.2, -0.15) is 0 Å². The molecule has 2 aliphatic heterocycles. The van der Waals surface area contributed by atoms with Gasteiger partial charge in [0, 0.05) is 38.2 Å². The summed E-state index contributed by atoms with van der Waals surface area (Å²) in [6.45, 7) is 6.15. The molecule has 0 saturated heterocycles. The van der Waals surface area contributed by atoms with Gasteiger partial charge in [-0.15, -0.1) is 0 Å². The molecule has 0 aromatic heterocycles. The van der Waals surface area contributed by atoms with Crippen molar-refractivity contribution in [1.29, 1.82) is 0 Å². The van der Waals surface area contributed by atoms with Crippen LogP contribution in [0.25, 0.3) is 22.6 Å². The van der Waals surface area contributed by atoms with Gasteiger partial charge in [-0.05, 0) is 51.0 Å². The molecule has 0 amide bonds. The standard InChI is InChI=1S/C32H34O12/c1-11-7-15-21(27(37)23-13(33)9-17(41-5)29(39)31(23,3)43-15)25(35)19(11)20-12(2)8-16-22(26(20)36)28(38)24-14(34)10-18(42-6)30(40)32(24,4)44-16/h7-8,17-18,29-30,35-40H,9-10H2,1-6H3/t17-,18-,29+,30+,31+,32+/m0/s1. The van der Waals surface area contributed by atoms with Crippen LogP contribution < -0.4 is 9.47 Å². The lowest BCUT2D eigenvalue weighted by atomic mass is 9.73. The summed E-state index contributed by atoms with van der Waals surface area (Å²) in [6, 6.07) is 2.98. The molecule has 2 aliphatic carbocycles. The summed E-state index contributed by atoms with van der Waals surface area (Å²) < 4.78 is 22.8. The van der Waals surface area contributed by atoms with Crippen LogP contribution in [0.15, 0.2) is 23.3 Å². The Labute approximate surface area is 252 Å². The molecule has 6 rings (SSSR count). The molecule has 0 unspecified atom stereocenters. The number of carbonyl (C=O) groups excluding carboxylic acids is 2. The Morgan fingerprint density at radius 1 is 0.682 bits per heavy atom. The fourth-order valence-corrected chi connectivity index (χ4v) is 7.23. The third kappa shape index (κ3) is 3.71. The minimum Gasteiger partial charge on any atom is -0.506 e. The van der Waals surface area contributed by atoms with E-state index in [0.29, 0.717) is 11.1 Å². The predicted octanol–water partition coefficient (Wildman–Crippen LogP) is 2.92. The van der Waals surface area contributed by atoms with E-state index in [1.54, 1.807) is 13.8 Å². The number of phenolic OH excluding ortho intramolecular Hbond substituents is 2. The van der Waals surface area contributed by atoms with Crippen LogP contribution in [0.4, 0.5) is 0 Å². The first-order valence-electron chi connectivity index (χ1n) is 14.1. The molecule has 12 nitrogen and oxygen atoms in total. The van der Waals surface area contributed by atoms with Crippen LogP contribution in [-0.4, -0.2) is 92.0 Å². The molecule has 6 atom stereocenters. The van der Waals surface area contributed by atoms with Crippen LogP contribution in [0.3, 0.4) is 0 Å². The highest BCUT2D eigenvalue weighted by molar-refractivity contribution is 6.08. The molecular formula is C32H34O12. The Morgan fingerprint density at radius 2 is 1.02 bits per heavy atom. The zero-order valence-electron chi connectivity index (χ0n) is 25.0. The van der Waals surface area contributed by atoms with Crippen LogP contribution >= 0.6 is 0 Å². The monoisotopic (exact) mass is 610 g/mol. The number of aryl methyl sites for hydroxylation is 2. The number of hydrogen-bond acceptors (Lipinski definition) is 12. The van der Waals surface area contributed by atoms with E-state index in [4.69, 9.17) is 18.9 Å². The molecule has 4 aliphatic rings. The van der Waals surface area contributed by atoms with Gasteiger partial charge < -0.3 is 49.6 Å². The van der Waals surface area contributed by atoms with E-state index in [1.807, 2.05) is 0 Å². The fraction of sp³-hybridized carbons (Fsp3) is 0.438. The molecule has 2 heterocycles. The molecule has 12 heteroatoms. The van der Waals surface area contributed by atoms with Crippen molar-refractivity contribution in [3.63, 3.8) is 0 Å². The van der Waals surface area contributed by atoms with E-state index in [9.17, 15) is 40.2 Å². The number of rotatable bonds is 3. The van der Waals surface area contributed by atoms with Gasteiger partial charge in [0.15, 0.2) is 22.8 Å². The lowest BCUT2D eigenvalue weighted by Crippen LogP contribution is -2.60. The maximum absolute atomic E-state index is 13.1. The molecule has 0 spiro atoms. The average Bonchev–Trinajstić information content (AvgIpc) is 2.93. The highest BCUT2D eigenvalue weighted by Crippen LogP contribution is 2.56. The average molecular weight is 611 g/mol. The van der Waals surface area contributed by atoms with E-state index < -0.39 is 70.2 Å². The van der Waals surface area contributed by atoms with Crippen LogP contribution in [-0.2, 0) is 19.1 Å². The predicted molar refractivity (Wildman–Crippen MR) is 155 cm³/mol. The van der Waals surface area contributed by atoms with Crippen molar-refractivity contribution in [3.8, 4) is 34.1 Å². The number of fused-ring (bicyclic) bond motifs is 4. The van der Waals surface area contributed by atoms with E-state index in [0.717, 1.165) is 0 Å². The third-order valence-corrected chi connectivity index (χ3v) is 9.53. The summed E-state index contributed by atoms with van der Waals surface area (Å²) in [7, 11) is 2.71. The molecule has 44 heavy (non-hydrogen) atoms. The first-order valence-corrected chi connectivity index (χ1v) is 14.1. The number of hydrogen-bond donors (Lipinski definition) is 6. The molecule has 0 bridgehead atoms. The smallest absolute Gasteiger partial charge is 0.169 e. The molecule has 2 aromatic rings. The molecule has 2 aromatic carbocycles. The summed E-state index contributed by atoms with van der Waals surface area (Å²) in [4.78, 5) is 26.3. The molecular weight excluding hydrogens is 576 g/mol. The minimum absolute atomic E-state index is 0.00948. The van der Waals surface area contributed by atoms with Crippen LogP contribution in [0.1, 0.15) is 48.9 Å². The zero-order valence-corrected chi connectivity index (χ0v) is 25.0. The summed E-state index contributed by atoms with van der Waals surface area (Å²) >= 11 is 0. The van der Waals surface area contributed by atoms with E-state index in [1.165, 1.54) is 40.2 Å². The van der Waals surface area contributed by atoms with Gasteiger partial charge in [0.1, 0.15) is 57.9 Å². The number of phenols is 2. The Hall–Kier alpha value is -4.10. The zero-order chi connectivity index (χ0) is 32.2. The number of Topliss-reactive ketones (excluding diaryl/α,β-unsaturated/α-hetero) is 2. The number of aromatic hydroxyl groups is 2. The summed E-state index contributed by atoms with van der Waals surface area (Å²) in [5.74, 6) is -3.30. The minimum atomic E-state index is -1.67. The van der Waals surface area contributed by atoms with Gasteiger partial charge in [-0.25, -0.2) is 0 Å². The second-order valence-electron chi connectivity index (χ2n) is 12.1. The van der Waals surface area contributed by atoms with E-state index in [2.05, 4.69) is 0 Å². The summed E-state index contributed by atoms with van der Waals surface area (Å²) in [6.07, 6.45) is -4.82. The second kappa shape index (κ2) is 9.70. The molecule has 6 N–H and O–H groups in total. The summed E-state index contributed by atoms with van der Waals surface area (Å²) in [5.41, 5.74) is -3.35. The highest BCUT2D eigenvalue weighted by Gasteiger charge is 2.57. The lowest BCUT2D eigenvalue weighted by Gasteiger charge is -2.46. The quantitative estimate of drug-likeness (QED) is 0.298. The third-order valence-electron chi connectivity index (χ3n) is 9.53. The number of carbonyl (C=O) groups is 2. The van der Waals surface area contributed by atoms with Gasteiger partial charge in [-0.1, -0.05) is 0 Å². The Kier molecular flexibility index (Phi) is 6.60. The number of ether oxygens (including phenoxy) is 4. The molecule has 0 radical (unpaired) electrons. The Bertz CT molecular complexity index is 1590. The lowest BCUT2D eigenvalue weighted by molar-refractivity contribution is -0.144. The van der Waals surface area contributed by atoms with Gasteiger partial charge >= 0.3 is 0 Å². The van der Waals surface area contributed by atoms with Crippen molar-refractivity contribution < 1.29 is 59.2 Å². The normalized spacial score (nSPS) is 31.1. The molecule has 2 fully saturated rings. The van der Waals surface area contributed by atoms with Gasteiger partial charge in [0.05, 0.1) is 23.4 Å². The molecule has 2 saturated carbocycles. The van der Waals surface area contributed by atoms with E-state index >= 15 is 0 Å². The Morgan fingerprint density at radius 3 is 1.34 bits per heavy atom. The maximum Gasteiger partial charge on any atom is 0.169 e. The number of aliphatic hydroxyl groups excluding tert-OH is 4. The SMILES string of the molecule is CO[C@H]1CC(=O)C2=C(O)c3c(cc(C)c(-c4c(C)cc5c(c4O)C(O)=C4C(=O)C[C@H](OC)[C@@H](O)[C@]4(C)O5)c3O)O[C@@]2(C)[C@@H]1O. The fourth-order valence-electron chi connectivity index (χ4n) is 7.23. The number of aliphatic hydroxyl groups is 4. The van der Waals surface area contributed by atoms with Crippen molar-refractivity contribution in [1.82, 2.24) is 0 Å². The highest BCUT2D eigenvalue weighted by atomic mass is 16.5. The van der Waals surface area contributed by atoms with Crippen molar-refractivity contribution in [2.45, 2.75) is 76.2 Å². The van der Waals surface area contributed by atoms with Crippen molar-refractivity contribution in [2.75, 3.05) is 14.2 Å². The maximum atomic E-state index is 13.1. The van der Waals surface area contributed by atoms with E-state index in [-0.39, 0.29) is 57.7 Å².